The highest BCUT2D eigenvalue weighted by Gasteiger charge is 2.17. The zero-order valence-corrected chi connectivity index (χ0v) is 11.5. The molecule has 1 aliphatic rings. The number of nitrogens with one attached hydrogen (secondary N) is 1. The average molecular weight is 310 g/mol. The molecular weight excluding hydrogens is 298 g/mol. The summed E-state index contributed by atoms with van der Waals surface area (Å²) < 4.78 is 11.7. The highest BCUT2D eigenvalue weighted by atomic mass is 79.9. The maximum Gasteiger partial charge on any atom is 0.321 e. The number of halogens is 1. The van der Waals surface area contributed by atoms with Gasteiger partial charge in [0, 0.05) is 23.0 Å². The van der Waals surface area contributed by atoms with Gasteiger partial charge in [-0.25, -0.2) is 0 Å². The van der Waals surface area contributed by atoms with Crippen LogP contribution >= 0.6 is 15.9 Å². The van der Waals surface area contributed by atoms with E-state index < -0.39 is 0 Å². The predicted molar refractivity (Wildman–Crippen MR) is 69.7 cm³/mol. The number of anilines is 1. The van der Waals surface area contributed by atoms with E-state index in [0.717, 1.165) is 28.8 Å². The highest BCUT2D eigenvalue weighted by Crippen LogP contribution is 2.33. The van der Waals surface area contributed by atoms with Gasteiger partial charge in [0.25, 0.3) is 0 Å². The molecule has 0 bridgehead atoms. The predicted octanol–water partition coefficient (Wildman–Crippen LogP) is 2.69. The maximum atomic E-state index is 5.65. The lowest BCUT2D eigenvalue weighted by atomic mass is 10.1. The van der Waals surface area contributed by atoms with Crippen molar-refractivity contribution >= 4 is 21.9 Å². The number of aryl methyl sites for hydroxylation is 1. The minimum atomic E-state index is 0.430. The van der Waals surface area contributed by atoms with Gasteiger partial charge in [-0.15, -0.1) is 0 Å². The van der Waals surface area contributed by atoms with Gasteiger partial charge >= 0.3 is 6.01 Å². The van der Waals surface area contributed by atoms with Gasteiger partial charge in [-0.1, -0.05) is 21.1 Å². The minimum Gasteiger partial charge on any atom is -0.493 e. The molecule has 1 aromatic carbocycles. The van der Waals surface area contributed by atoms with Crippen molar-refractivity contribution in [1.29, 1.82) is 0 Å². The number of benzene rings is 1. The number of nitrogens with zero attached hydrogens (tertiary/aromatic N) is 2. The van der Waals surface area contributed by atoms with Crippen LogP contribution in [0.3, 0.4) is 0 Å². The first-order valence-corrected chi connectivity index (χ1v) is 6.50. The summed E-state index contributed by atoms with van der Waals surface area (Å²) in [6, 6.07) is 4.57. The lowest BCUT2D eigenvalue weighted by Gasteiger charge is -2.08. The number of fused-ring (bicyclic) bond motifs is 1. The van der Waals surface area contributed by atoms with E-state index in [4.69, 9.17) is 9.26 Å². The molecule has 18 heavy (non-hydrogen) atoms. The van der Waals surface area contributed by atoms with E-state index >= 15 is 0 Å². The fourth-order valence-electron chi connectivity index (χ4n) is 2.02. The summed E-state index contributed by atoms with van der Waals surface area (Å²) in [6.07, 6.45) is 0.960. The second kappa shape index (κ2) is 4.61. The number of hydrogen-bond acceptors (Lipinski definition) is 5. The molecule has 5 nitrogen and oxygen atoms in total. The van der Waals surface area contributed by atoms with Gasteiger partial charge in [0.05, 0.1) is 6.61 Å². The van der Waals surface area contributed by atoms with E-state index in [2.05, 4.69) is 37.5 Å². The number of ether oxygens (including phenoxy) is 1. The Hall–Kier alpha value is -1.56. The van der Waals surface area contributed by atoms with E-state index in [9.17, 15) is 0 Å². The van der Waals surface area contributed by atoms with Crippen LogP contribution in [0.25, 0.3) is 0 Å². The Morgan fingerprint density at radius 1 is 1.44 bits per heavy atom. The summed E-state index contributed by atoms with van der Waals surface area (Å²) in [5, 5.41) is 6.83. The van der Waals surface area contributed by atoms with Crippen LogP contribution < -0.4 is 10.1 Å². The summed E-state index contributed by atoms with van der Waals surface area (Å²) >= 11 is 3.51. The Morgan fingerprint density at radius 2 is 2.33 bits per heavy atom. The molecule has 2 heterocycles. The molecule has 0 fully saturated rings. The summed E-state index contributed by atoms with van der Waals surface area (Å²) in [5.41, 5.74) is 2.33. The van der Waals surface area contributed by atoms with Gasteiger partial charge in [-0.2, -0.15) is 4.98 Å². The van der Waals surface area contributed by atoms with Crippen molar-refractivity contribution in [2.45, 2.75) is 19.9 Å². The van der Waals surface area contributed by atoms with Crippen LogP contribution in [0.4, 0.5) is 6.01 Å². The first-order chi connectivity index (χ1) is 8.72. The Bertz CT molecular complexity index is 583. The SMILES string of the molecule is Cc1noc(NCc2cc(Br)cc3c2OCC3)n1. The molecule has 1 aliphatic heterocycles. The lowest BCUT2D eigenvalue weighted by molar-refractivity contribution is 0.353. The van der Waals surface area contributed by atoms with Gasteiger partial charge in [0.1, 0.15) is 5.75 Å². The van der Waals surface area contributed by atoms with Crippen LogP contribution in [0.2, 0.25) is 0 Å². The molecule has 1 aromatic heterocycles. The standard InChI is InChI=1S/C12H12BrN3O2/c1-7-15-12(18-16-7)14-6-9-5-10(13)4-8-2-3-17-11(8)9/h4-5H,2-3,6H2,1H3,(H,14,15,16). The molecule has 94 valence electrons. The molecule has 0 atom stereocenters. The molecule has 0 aliphatic carbocycles. The fraction of sp³-hybridized carbons (Fsp3) is 0.333. The van der Waals surface area contributed by atoms with Crippen molar-refractivity contribution < 1.29 is 9.26 Å². The third-order valence-corrected chi connectivity index (χ3v) is 3.24. The van der Waals surface area contributed by atoms with Crippen molar-refractivity contribution in [1.82, 2.24) is 10.1 Å². The molecule has 0 saturated carbocycles. The third-order valence-electron chi connectivity index (χ3n) is 2.78. The topological polar surface area (TPSA) is 60.2 Å². The molecule has 1 N–H and O–H groups in total. The van der Waals surface area contributed by atoms with Crippen molar-refractivity contribution in [2.75, 3.05) is 11.9 Å². The molecule has 6 heteroatoms. The Labute approximate surface area is 113 Å². The van der Waals surface area contributed by atoms with Gasteiger partial charge in [0.2, 0.25) is 0 Å². The second-order valence-corrected chi connectivity index (χ2v) is 5.07. The third kappa shape index (κ3) is 2.20. The van der Waals surface area contributed by atoms with Crippen molar-refractivity contribution in [3.05, 3.63) is 33.6 Å². The fourth-order valence-corrected chi connectivity index (χ4v) is 2.57. The van der Waals surface area contributed by atoms with E-state index in [0.29, 0.717) is 18.4 Å². The quantitative estimate of drug-likeness (QED) is 0.944. The molecular formula is C12H12BrN3O2. The van der Waals surface area contributed by atoms with Crippen LogP contribution in [-0.2, 0) is 13.0 Å². The molecule has 0 spiro atoms. The molecule has 0 radical (unpaired) electrons. The van der Waals surface area contributed by atoms with Crippen LogP contribution in [0.5, 0.6) is 5.75 Å². The number of rotatable bonds is 3. The molecule has 0 amide bonds. The Morgan fingerprint density at radius 3 is 3.11 bits per heavy atom. The van der Waals surface area contributed by atoms with Gasteiger partial charge in [-0.05, 0) is 24.6 Å². The van der Waals surface area contributed by atoms with Crippen molar-refractivity contribution in [2.24, 2.45) is 0 Å². The Kier molecular flexibility index (Phi) is 2.95. The zero-order chi connectivity index (χ0) is 12.5. The van der Waals surface area contributed by atoms with Crippen LogP contribution in [0.15, 0.2) is 21.1 Å². The van der Waals surface area contributed by atoms with Gasteiger partial charge in [0.15, 0.2) is 5.82 Å². The first kappa shape index (κ1) is 11.5. The van der Waals surface area contributed by atoms with E-state index in [1.54, 1.807) is 6.92 Å². The highest BCUT2D eigenvalue weighted by molar-refractivity contribution is 9.10. The van der Waals surface area contributed by atoms with Crippen molar-refractivity contribution in [3.63, 3.8) is 0 Å². The molecule has 0 unspecified atom stereocenters. The number of aromatic nitrogens is 2. The first-order valence-electron chi connectivity index (χ1n) is 5.70. The van der Waals surface area contributed by atoms with E-state index in [1.807, 2.05) is 6.07 Å². The monoisotopic (exact) mass is 309 g/mol. The lowest BCUT2D eigenvalue weighted by Crippen LogP contribution is -2.02. The average Bonchev–Trinajstić information content (AvgIpc) is 2.94. The summed E-state index contributed by atoms with van der Waals surface area (Å²) in [5.74, 6) is 1.59. The summed E-state index contributed by atoms with van der Waals surface area (Å²) in [6.45, 7) is 3.14. The molecule has 2 aromatic rings. The normalized spacial score (nSPS) is 13.2. The van der Waals surface area contributed by atoms with Gasteiger partial charge < -0.3 is 14.6 Å². The molecule has 3 rings (SSSR count). The van der Waals surface area contributed by atoms with E-state index in [-0.39, 0.29) is 0 Å². The number of hydrogen-bond donors (Lipinski definition) is 1. The largest absolute Gasteiger partial charge is 0.493 e. The molecule has 0 saturated heterocycles. The Balaban J connectivity index is 1.80. The van der Waals surface area contributed by atoms with Gasteiger partial charge in [-0.3, -0.25) is 0 Å². The minimum absolute atomic E-state index is 0.430. The zero-order valence-electron chi connectivity index (χ0n) is 9.86. The van der Waals surface area contributed by atoms with Crippen molar-refractivity contribution in [3.8, 4) is 5.75 Å². The maximum absolute atomic E-state index is 5.65. The summed E-state index contributed by atoms with van der Waals surface area (Å²) in [4.78, 5) is 4.10. The van der Waals surface area contributed by atoms with Crippen LogP contribution in [-0.4, -0.2) is 16.7 Å². The van der Waals surface area contributed by atoms with E-state index in [1.165, 1.54) is 5.56 Å². The second-order valence-electron chi connectivity index (χ2n) is 4.15. The smallest absolute Gasteiger partial charge is 0.321 e. The summed E-state index contributed by atoms with van der Waals surface area (Å²) in [7, 11) is 0. The van der Waals surface area contributed by atoms with Crippen LogP contribution in [0, 0.1) is 6.92 Å². The van der Waals surface area contributed by atoms with Crippen LogP contribution in [0.1, 0.15) is 17.0 Å².